The minimum atomic E-state index is 0.713. The molecule has 0 aliphatic heterocycles. The van der Waals surface area contributed by atoms with Gasteiger partial charge in [-0.25, -0.2) is 4.98 Å². The van der Waals surface area contributed by atoms with E-state index in [0.29, 0.717) is 6.54 Å². The quantitative estimate of drug-likeness (QED) is 0.234. The van der Waals surface area contributed by atoms with Gasteiger partial charge in [-0.1, -0.05) is 64.9 Å². The Labute approximate surface area is 189 Å². The zero-order chi connectivity index (χ0) is 21.4. The predicted octanol–water partition coefficient (Wildman–Crippen LogP) is 7.02. The maximum absolute atomic E-state index is 6.44. The molecule has 0 radical (unpaired) electrons. The van der Waals surface area contributed by atoms with Gasteiger partial charge in [-0.05, 0) is 49.7 Å². The number of para-hydroxylation sites is 1. The van der Waals surface area contributed by atoms with Gasteiger partial charge in [0.15, 0.2) is 0 Å². The van der Waals surface area contributed by atoms with Gasteiger partial charge in [-0.2, -0.15) is 5.10 Å². The fourth-order valence-corrected chi connectivity index (χ4v) is 4.87. The number of aryl methyl sites for hydroxylation is 1. The molecule has 4 nitrogen and oxygen atoms in total. The van der Waals surface area contributed by atoms with Crippen LogP contribution < -0.4 is 5.43 Å². The van der Waals surface area contributed by atoms with Gasteiger partial charge in [0.25, 0.3) is 0 Å². The summed E-state index contributed by atoms with van der Waals surface area (Å²) in [5.41, 5.74) is 9.82. The third-order valence-electron chi connectivity index (χ3n) is 5.46. The fourth-order valence-electron chi connectivity index (χ4n) is 3.86. The van der Waals surface area contributed by atoms with Crippen molar-refractivity contribution < 1.29 is 0 Å². The van der Waals surface area contributed by atoms with Crippen LogP contribution in [-0.2, 0) is 6.54 Å². The predicted molar refractivity (Wildman–Crippen MR) is 133 cm³/mol. The Morgan fingerprint density at radius 1 is 1.06 bits per heavy atom. The second-order valence-electron chi connectivity index (χ2n) is 7.55. The lowest BCUT2D eigenvalue weighted by molar-refractivity contribution is 0.804. The van der Waals surface area contributed by atoms with E-state index in [4.69, 9.17) is 11.6 Å². The summed E-state index contributed by atoms with van der Waals surface area (Å²) in [4.78, 5) is 4.59. The molecular formula is C25H21ClN4S. The number of hydrazone groups is 1. The number of thiazole rings is 1. The maximum Gasteiger partial charge on any atom is 0.204 e. The summed E-state index contributed by atoms with van der Waals surface area (Å²) in [7, 11) is 0. The number of rotatable bonds is 5. The van der Waals surface area contributed by atoms with E-state index in [9.17, 15) is 0 Å². The van der Waals surface area contributed by atoms with Gasteiger partial charge in [-0.15, -0.1) is 0 Å². The molecule has 6 heteroatoms. The molecule has 2 aromatic heterocycles. The second-order valence-corrected chi connectivity index (χ2v) is 8.99. The lowest BCUT2D eigenvalue weighted by Gasteiger charge is -2.10. The molecular weight excluding hydrogens is 424 g/mol. The average Bonchev–Trinajstić information content (AvgIpc) is 3.29. The first-order valence-electron chi connectivity index (χ1n) is 10.1. The monoisotopic (exact) mass is 444 g/mol. The minimum absolute atomic E-state index is 0.713. The standard InChI is InChI=1S/C25H21ClN4S/c1-16-11-12-23-19(13-16)20(17(2)30(23)15-18-7-3-4-8-21(18)26)14-27-29-25-28-22-9-5-6-10-24(22)31-25/h3-14H,15H2,1-2H3,(H,28,29)/b27-14+. The van der Waals surface area contributed by atoms with Crippen molar-refractivity contribution >= 4 is 55.4 Å². The molecule has 154 valence electrons. The molecule has 0 bridgehead atoms. The summed E-state index contributed by atoms with van der Waals surface area (Å²) in [5, 5.41) is 7.26. The van der Waals surface area contributed by atoms with Crippen LogP contribution in [0.1, 0.15) is 22.4 Å². The SMILES string of the molecule is Cc1ccc2c(c1)c(/C=N/Nc1nc3ccccc3s1)c(C)n2Cc1ccccc1Cl. The van der Waals surface area contributed by atoms with E-state index in [-0.39, 0.29) is 0 Å². The van der Waals surface area contributed by atoms with E-state index in [0.717, 1.165) is 37.2 Å². The van der Waals surface area contributed by atoms with Crippen LogP contribution in [0.3, 0.4) is 0 Å². The second kappa shape index (κ2) is 8.17. The zero-order valence-corrected chi connectivity index (χ0v) is 18.8. The third-order valence-corrected chi connectivity index (χ3v) is 6.77. The van der Waals surface area contributed by atoms with Crippen LogP contribution >= 0.6 is 22.9 Å². The lowest BCUT2D eigenvalue weighted by Crippen LogP contribution is -2.03. The number of anilines is 1. The maximum atomic E-state index is 6.44. The molecule has 0 unspecified atom stereocenters. The molecule has 2 heterocycles. The Bertz CT molecular complexity index is 1400. The molecule has 3 aromatic carbocycles. The van der Waals surface area contributed by atoms with Crippen molar-refractivity contribution in [2.75, 3.05) is 5.43 Å². The highest BCUT2D eigenvalue weighted by Gasteiger charge is 2.14. The number of halogens is 1. The van der Waals surface area contributed by atoms with E-state index in [1.807, 2.05) is 42.6 Å². The highest BCUT2D eigenvalue weighted by atomic mass is 35.5. The van der Waals surface area contributed by atoms with Crippen molar-refractivity contribution in [3.63, 3.8) is 0 Å². The van der Waals surface area contributed by atoms with Crippen LogP contribution in [0.15, 0.2) is 71.8 Å². The van der Waals surface area contributed by atoms with Crippen LogP contribution in [-0.4, -0.2) is 15.8 Å². The van der Waals surface area contributed by atoms with Crippen molar-refractivity contribution in [2.45, 2.75) is 20.4 Å². The summed E-state index contributed by atoms with van der Waals surface area (Å²) in [6, 6.07) is 22.6. The van der Waals surface area contributed by atoms with E-state index in [2.05, 4.69) is 64.3 Å². The largest absolute Gasteiger partial charge is 0.340 e. The molecule has 5 aromatic rings. The van der Waals surface area contributed by atoms with E-state index in [1.54, 1.807) is 11.3 Å². The Kier molecular flexibility index (Phi) is 5.22. The highest BCUT2D eigenvalue weighted by molar-refractivity contribution is 7.22. The normalized spacial score (nSPS) is 11.7. The van der Waals surface area contributed by atoms with E-state index >= 15 is 0 Å². The molecule has 0 aliphatic rings. The van der Waals surface area contributed by atoms with Crippen molar-refractivity contribution in [2.24, 2.45) is 5.10 Å². The molecule has 0 spiro atoms. The molecule has 5 rings (SSSR count). The Balaban J connectivity index is 1.51. The number of hydrogen-bond donors (Lipinski definition) is 1. The Morgan fingerprint density at radius 3 is 2.71 bits per heavy atom. The first kappa shape index (κ1) is 19.8. The number of fused-ring (bicyclic) bond motifs is 2. The molecule has 31 heavy (non-hydrogen) atoms. The summed E-state index contributed by atoms with van der Waals surface area (Å²) in [6.45, 7) is 4.95. The number of benzene rings is 3. The number of nitrogens with zero attached hydrogens (tertiary/aromatic N) is 3. The Hall–Kier alpha value is -3.15. The Morgan fingerprint density at radius 2 is 1.87 bits per heavy atom. The molecule has 0 saturated heterocycles. The molecule has 0 saturated carbocycles. The third kappa shape index (κ3) is 3.82. The van der Waals surface area contributed by atoms with Crippen molar-refractivity contribution in [3.8, 4) is 0 Å². The van der Waals surface area contributed by atoms with Crippen LogP contribution in [0.5, 0.6) is 0 Å². The van der Waals surface area contributed by atoms with Crippen molar-refractivity contribution in [1.82, 2.24) is 9.55 Å². The van der Waals surface area contributed by atoms with Crippen LogP contribution in [0, 0.1) is 13.8 Å². The van der Waals surface area contributed by atoms with Gasteiger partial charge < -0.3 is 4.57 Å². The van der Waals surface area contributed by atoms with Gasteiger partial charge in [0.1, 0.15) is 0 Å². The van der Waals surface area contributed by atoms with Gasteiger partial charge in [-0.3, -0.25) is 5.43 Å². The smallest absolute Gasteiger partial charge is 0.204 e. The van der Waals surface area contributed by atoms with E-state index in [1.165, 1.54) is 16.5 Å². The van der Waals surface area contributed by atoms with E-state index < -0.39 is 0 Å². The molecule has 1 N–H and O–H groups in total. The summed E-state index contributed by atoms with van der Waals surface area (Å²) in [5.74, 6) is 0. The number of aromatic nitrogens is 2. The van der Waals surface area contributed by atoms with Crippen LogP contribution in [0.25, 0.3) is 21.1 Å². The lowest BCUT2D eigenvalue weighted by atomic mass is 10.1. The number of hydrogen-bond acceptors (Lipinski definition) is 4. The van der Waals surface area contributed by atoms with Crippen LogP contribution in [0.4, 0.5) is 5.13 Å². The minimum Gasteiger partial charge on any atom is -0.340 e. The van der Waals surface area contributed by atoms with Crippen LogP contribution in [0.2, 0.25) is 5.02 Å². The summed E-state index contributed by atoms with van der Waals surface area (Å²) >= 11 is 8.03. The van der Waals surface area contributed by atoms with Gasteiger partial charge in [0.2, 0.25) is 5.13 Å². The van der Waals surface area contributed by atoms with Gasteiger partial charge >= 0.3 is 0 Å². The molecule has 0 atom stereocenters. The first-order chi connectivity index (χ1) is 15.1. The van der Waals surface area contributed by atoms with Gasteiger partial charge in [0, 0.05) is 33.7 Å². The molecule has 0 fully saturated rings. The number of nitrogens with one attached hydrogen (secondary N) is 1. The molecule has 0 amide bonds. The highest BCUT2D eigenvalue weighted by Crippen LogP contribution is 2.29. The topological polar surface area (TPSA) is 42.2 Å². The van der Waals surface area contributed by atoms with Gasteiger partial charge in [0.05, 0.1) is 16.4 Å². The summed E-state index contributed by atoms with van der Waals surface area (Å²) < 4.78 is 3.44. The van der Waals surface area contributed by atoms with Crippen molar-refractivity contribution in [1.29, 1.82) is 0 Å². The zero-order valence-electron chi connectivity index (χ0n) is 17.3. The van der Waals surface area contributed by atoms with Crippen molar-refractivity contribution in [3.05, 3.63) is 94.1 Å². The fraction of sp³-hybridized carbons (Fsp3) is 0.120. The average molecular weight is 445 g/mol. The summed E-state index contributed by atoms with van der Waals surface area (Å²) in [6.07, 6.45) is 1.90. The molecule has 0 aliphatic carbocycles. The first-order valence-corrected chi connectivity index (χ1v) is 11.3.